The fourth-order valence-electron chi connectivity index (χ4n) is 4.56. The summed E-state index contributed by atoms with van der Waals surface area (Å²) in [6.07, 6.45) is 4.05. The molecule has 0 saturated carbocycles. The van der Waals surface area contributed by atoms with E-state index in [1.165, 1.54) is 7.94 Å². The second kappa shape index (κ2) is 10.1. The summed E-state index contributed by atoms with van der Waals surface area (Å²) >= 11 is 0. The molecular formula is C26H28N4O4S2. The molecule has 0 radical (unpaired) electrons. The Balaban J connectivity index is 1.22. The summed E-state index contributed by atoms with van der Waals surface area (Å²) in [6.45, 7) is 2.48. The molecule has 1 atom stereocenters. The minimum Gasteiger partial charge on any atom is -0.307 e. The van der Waals surface area contributed by atoms with E-state index in [-0.39, 0.29) is 15.8 Å². The van der Waals surface area contributed by atoms with Crippen LogP contribution in [0.2, 0.25) is 0 Å². The summed E-state index contributed by atoms with van der Waals surface area (Å²) in [5.41, 5.74) is 1.38. The van der Waals surface area contributed by atoms with Gasteiger partial charge in [0.2, 0.25) is 0 Å². The van der Waals surface area contributed by atoms with Gasteiger partial charge in [0, 0.05) is 56.0 Å². The highest BCUT2D eigenvalue weighted by Gasteiger charge is 2.26. The van der Waals surface area contributed by atoms with Gasteiger partial charge in [0.1, 0.15) is 0 Å². The minimum absolute atomic E-state index is 0.168. The van der Waals surface area contributed by atoms with Crippen molar-refractivity contribution in [3.05, 3.63) is 109 Å². The van der Waals surface area contributed by atoms with Gasteiger partial charge in [0.15, 0.2) is 0 Å². The van der Waals surface area contributed by atoms with Crippen LogP contribution in [-0.2, 0) is 33.1 Å². The lowest BCUT2D eigenvalue weighted by Crippen LogP contribution is -2.33. The van der Waals surface area contributed by atoms with E-state index >= 15 is 0 Å². The monoisotopic (exact) mass is 524 g/mol. The number of rotatable bonds is 9. The highest BCUT2D eigenvalue weighted by molar-refractivity contribution is 7.90. The molecule has 1 N–H and O–H groups in total. The van der Waals surface area contributed by atoms with Crippen molar-refractivity contribution in [2.45, 2.75) is 35.3 Å². The third-order valence-electron chi connectivity index (χ3n) is 6.42. The fraction of sp³-hybridized carbons (Fsp3) is 0.231. The van der Waals surface area contributed by atoms with Crippen molar-refractivity contribution in [2.24, 2.45) is 0 Å². The Morgan fingerprint density at radius 1 is 0.694 bits per heavy atom. The average Bonchev–Trinajstić information content (AvgIpc) is 3.66. The molecule has 0 amide bonds. The zero-order chi connectivity index (χ0) is 25.2. The van der Waals surface area contributed by atoms with E-state index in [0.717, 1.165) is 19.5 Å². The van der Waals surface area contributed by atoms with Crippen LogP contribution in [0.25, 0.3) is 0 Å². The second-order valence-electron chi connectivity index (χ2n) is 8.83. The topological polar surface area (TPSA) is 93.4 Å². The average molecular weight is 525 g/mol. The largest absolute Gasteiger partial charge is 0.307 e. The van der Waals surface area contributed by atoms with Crippen LogP contribution in [0, 0.1) is 0 Å². The normalized spacial score (nSPS) is 16.9. The van der Waals surface area contributed by atoms with Gasteiger partial charge in [-0.2, -0.15) is 0 Å². The Morgan fingerprint density at radius 3 is 1.81 bits per heavy atom. The number of hydrogen-bond donors (Lipinski definition) is 1. The van der Waals surface area contributed by atoms with Crippen molar-refractivity contribution < 1.29 is 16.8 Å². The molecule has 0 aliphatic carbocycles. The van der Waals surface area contributed by atoms with Gasteiger partial charge in [-0.05, 0) is 55.0 Å². The Morgan fingerprint density at radius 2 is 1.22 bits per heavy atom. The summed E-state index contributed by atoms with van der Waals surface area (Å²) in [5, 5.41) is 3.48. The third-order valence-corrected chi connectivity index (χ3v) is 9.90. The molecule has 1 unspecified atom stereocenters. The summed E-state index contributed by atoms with van der Waals surface area (Å²) in [5.74, 6) is 0. The number of benzene rings is 2. The maximum absolute atomic E-state index is 13.1. The van der Waals surface area contributed by atoms with Gasteiger partial charge >= 0.3 is 0 Å². The van der Waals surface area contributed by atoms with Crippen molar-refractivity contribution in [2.75, 3.05) is 13.1 Å². The Labute approximate surface area is 211 Å². The lowest BCUT2D eigenvalue weighted by Gasteiger charge is -2.19. The van der Waals surface area contributed by atoms with Crippen LogP contribution in [-0.4, -0.2) is 48.8 Å². The predicted molar refractivity (Wildman–Crippen MR) is 137 cm³/mol. The van der Waals surface area contributed by atoms with Crippen LogP contribution in [0.4, 0.5) is 0 Å². The molecule has 1 aliphatic rings. The van der Waals surface area contributed by atoms with Gasteiger partial charge in [0.05, 0.1) is 9.79 Å². The number of likely N-dealkylation sites (tertiary alicyclic amines) is 1. The van der Waals surface area contributed by atoms with Crippen LogP contribution in [0.15, 0.2) is 107 Å². The molecule has 1 saturated heterocycles. The maximum atomic E-state index is 13.1. The highest BCUT2D eigenvalue weighted by Crippen LogP contribution is 2.21. The first kappa shape index (κ1) is 24.5. The smallest absolute Gasteiger partial charge is 0.267 e. The number of aromatic nitrogens is 2. The molecule has 36 heavy (non-hydrogen) atoms. The first-order chi connectivity index (χ1) is 17.4. The molecule has 8 nitrogen and oxygen atoms in total. The van der Waals surface area contributed by atoms with Crippen LogP contribution in [0.3, 0.4) is 0 Å². The highest BCUT2D eigenvalue weighted by atomic mass is 32.2. The molecule has 2 aromatic carbocycles. The van der Waals surface area contributed by atoms with Crippen molar-refractivity contribution in [3.63, 3.8) is 0 Å². The van der Waals surface area contributed by atoms with Crippen molar-refractivity contribution >= 4 is 20.0 Å². The van der Waals surface area contributed by atoms with E-state index < -0.39 is 20.0 Å². The standard InChI is InChI=1S/C26H28N4O4S2/c31-35(32,25-11-3-1-4-12-25)29-16-7-9-23(29)19-27-22-15-18-28(20-22)21-24-10-8-17-30(24)36(33,34)26-13-5-2-6-14-26/h1-14,16-17,22,27H,15,18-21H2. The first-order valence-electron chi connectivity index (χ1n) is 11.8. The molecule has 1 fully saturated rings. The molecule has 2 aromatic heterocycles. The summed E-state index contributed by atoms with van der Waals surface area (Å²) < 4.78 is 54.9. The number of nitrogens with zero attached hydrogens (tertiary/aromatic N) is 3. The molecule has 3 heterocycles. The zero-order valence-corrected chi connectivity index (χ0v) is 21.3. The number of nitrogens with one attached hydrogen (secondary N) is 1. The summed E-state index contributed by atoms with van der Waals surface area (Å²) in [6, 6.07) is 24.1. The van der Waals surface area contributed by atoms with Crippen LogP contribution in [0.5, 0.6) is 0 Å². The van der Waals surface area contributed by atoms with Gasteiger partial charge in [0.25, 0.3) is 20.0 Å². The van der Waals surface area contributed by atoms with E-state index in [9.17, 15) is 16.8 Å². The zero-order valence-electron chi connectivity index (χ0n) is 19.6. The van der Waals surface area contributed by atoms with Crippen LogP contribution < -0.4 is 5.32 Å². The minimum atomic E-state index is -3.65. The maximum Gasteiger partial charge on any atom is 0.267 e. The van der Waals surface area contributed by atoms with Crippen molar-refractivity contribution in [3.8, 4) is 0 Å². The lowest BCUT2D eigenvalue weighted by molar-refractivity contribution is 0.315. The molecule has 5 rings (SSSR count). The van der Waals surface area contributed by atoms with Gasteiger partial charge in [-0.3, -0.25) is 4.90 Å². The number of hydrogen-bond acceptors (Lipinski definition) is 6. The van der Waals surface area contributed by atoms with Gasteiger partial charge in [-0.25, -0.2) is 24.8 Å². The molecule has 4 aromatic rings. The van der Waals surface area contributed by atoms with Gasteiger partial charge in [-0.1, -0.05) is 36.4 Å². The fourth-order valence-corrected chi connectivity index (χ4v) is 7.34. The Kier molecular flexibility index (Phi) is 6.85. The summed E-state index contributed by atoms with van der Waals surface area (Å²) in [4.78, 5) is 2.73. The molecule has 188 valence electrons. The van der Waals surface area contributed by atoms with Gasteiger partial charge < -0.3 is 5.32 Å². The summed E-state index contributed by atoms with van der Waals surface area (Å²) in [7, 11) is -7.30. The lowest BCUT2D eigenvalue weighted by atomic mass is 10.2. The van der Waals surface area contributed by atoms with E-state index in [2.05, 4.69) is 10.2 Å². The first-order valence-corrected chi connectivity index (χ1v) is 14.6. The van der Waals surface area contributed by atoms with E-state index in [0.29, 0.717) is 24.5 Å². The molecular weight excluding hydrogens is 496 g/mol. The third kappa shape index (κ3) is 4.90. The molecule has 1 aliphatic heterocycles. The van der Waals surface area contributed by atoms with E-state index in [4.69, 9.17) is 0 Å². The molecule has 0 spiro atoms. The molecule has 0 bridgehead atoms. The Hall–Kier alpha value is -3.18. The predicted octanol–water partition coefficient (Wildman–Crippen LogP) is 3.13. The SMILES string of the molecule is O=S(=O)(c1ccccc1)n1cccc1CNC1CCN(Cc2cccn2S(=O)(=O)c2ccccc2)C1. The second-order valence-corrected chi connectivity index (χ2v) is 12.5. The van der Waals surface area contributed by atoms with Crippen molar-refractivity contribution in [1.82, 2.24) is 18.2 Å². The Bertz CT molecular complexity index is 1530. The van der Waals surface area contributed by atoms with Crippen LogP contribution in [0.1, 0.15) is 17.8 Å². The quantitative estimate of drug-likeness (QED) is 0.362. The van der Waals surface area contributed by atoms with E-state index in [1.54, 1.807) is 85.2 Å². The van der Waals surface area contributed by atoms with E-state index in [1.807, 2.05) is 12.1 Å². The molecule has 10 heteroatoms. The van der Waals surface area contributed by atoms with Crippen molar-refractivity contribution in [1.29, 1.82) is 0 Å². The van der Waals surface area contributed by atoms with Crippen LogP contribution >= 0.6 is 0 Å². The van der Waals surface area contributed by atoms with Gasteiger partial charge in [-0.15, -0.1) is 0 Å².